The predicted molar refractivity (Wildman–Crippen MR) is 145 cm³/mol. The Morgan fingerprint density at radius 3 is 2.54 bits per heavy atom. The Hall–Kier alpha value is -3.30. The highest BCUT2D eigenvalue weighted by Gasteiger charge is 2.35. The third kappa shape index (κ3) is 5.83. The first-order valence-electron chi connectivity index (χ1n) is 12.9. The lowest BCUT2D eigenvalue weighted by molar-refractivity contribution is 0.0655. The first-order chi connectivity index (χ1) is 18.1. The molecular weight excluding hydrogens is 486 g/mol. The van der Waals surface area contributed by atoms with E-state index in [4.69, 9.17) is 0 Å². The number of thioether (sulfide) groups is 1. The number of carboxylic acid groups (broad SMARTS) is 1. The lowest BCUT2D eigenvalue weighted by Gasteiger charge is -2.36. The SMILES string of the molecule is O=C(O)N[C@H]1CCCC[C@@H]1n1cnc(C(=O)N2CCNC[C@H]2CSc2ccccc2)c1-c1ccccc1. The van der Waals surface area contributed by atoms with Crippen LogP contribution in [0.5, 0.6) is 0 Å². The van der Waals surface area contributed by atoms with Gasteiger partial charge in [0.1, 0.15) is 0 Å². The maximum atomic E-state index is 14.1. The Kier molecular flexibility index (Phi) is 8.11. The largest absolute Gasteiger partial charge is 0.465 e. The van der Waals surface area contributed by atoms with E-state index in [1.165, 1.54) is 4.90 Å². The number of hydrogen-bond donors (Lipinski definition) is 3. The van der Waals surface area contributed by atoms with E-state index in [1.807, 2.05) is 58.0 Å². The molecule has 1 saturated carbocycles. The minimum atomic E-state index is -1.02. The van der Waals surface area contributed by atoms with Gasteiger partial charge in [0, 0.05) is 35.8 Å². The Labute approximate surface area is 221 Å². The summed E-state index contributed by atoms with van der Waals surface area (Å²) in [6, 6.07) is 19.8. The van der Waals surface area contributed by atoms with Crippen molar-refractivity contribution in [1.29, 1.82) is 0 Å². The van der Waals surface area contributed by atoms with Crippen molar-refractivity contribution in [2.75, 3.05) is 25.4 Å². The smallest absolute Gasteiger partial charge is 0.404 e. The van der Waals surface area contributed by atoms with Crippen molar-refractivity contribution in [1.82, 2.24) is 25.1 Å². The van der Waals surface area contributed by atoms with Crippen LogP contribution < -0.4 is 10.6 Å². The molecule has 1 saturated heterocycles. The molecule has 3 N–H and O–H groups in total. The normalized spacial score (nSPS) is 21.9. The summed E-state index contributed by atoms with van der Waals surface area (Å²) in [6.07, 6.45) is 4.30. The van der Waals surface area contributed by atoms with Gasteiger partial charge >= 0.3 is 6.09 Å². The molecule has 0 spiro atoms. The Bertz CT molecular complexity index is 1200. The standard InChI is InChI=1S/C28H33N5O3S/c34-27(32-16-15-29-17-21(32)18-37-22-11-5-2-6-12-22)25-26(20-9-3-1-4-10-20)33(19-30-25)24-14-8-7-13-23(24)31-28(35)36/h1-6,9-12,19,21,23-24,29,31H,7-8,13-18H2,(H,35,36)/t21-,23-,24-/m0/s1. The van der Waals surface area contributed by atoms with Gasteiger partial charge in [-0.15, -0.1) is 11.8 Å². The number of carbonyl (C=O) groups is 2. The van der Waals surface area contributed by atoms with Crippen molar-refractivity contribution in [3.05, 3.63) is 72.7 Å². The van der Waals surface area contributed by atoms with Crippen LogP contribution in [0.25, 0.3) is 11.3 Å². The van der Waals surface area contributed by atoms with Gasteiger partial charge in [-0.05, 0) is 25.0 Å². The fourth-order valence-corrected chi connectivity index (χ4v) is 6.48. The molecule has 1 aromatic heterocycles. The summed E-state index contributed by atoms with van der Waals surface area (Å²) in [5.74, 6) is 0.716. The van der Waals surface area contributed by atoms with Gasteiger partial charge in [-0.2, -0.15) is 0 Å². The molecule has 3 atom stereocenters. The fourth-order valence-electron chi connectivity index (χ4n) is 5.44. The van der Waals surface area contributed by atoms with Gasteiger partial charge in [-0.25, -0.2) is 9.78 Å². The van der Waals surface area contributed by atoms with Crippen LogP contribution in [0.3, 0.4) is 0 Å². The van der Waals surface area contributed by atoms with Crippen LogP contribution in [0.2, 0.25) is 0 Å². The first kappa shape index (κ1) is 25.4. The summed E-state index contributed by atoms with van der Waals surface area (Å²) in [6.45, 7) is 2.10. The number of piperazine rings is 1. The highest BCUT2D eigenvalue weighted by molar-refractivity contribution is 7.99. The zero-order chi connectivity index (χ0) is 25.6. The molecule has 37 heavy (non-hydrogen) atoms. The van der Waals surface area contributed by atoms with Gasteiger partial charge in [0.25, 0.3) is 5.91 Å². The third-order valence-corrected chi connectivity index (χ3v) is 8.39. The maximum absolute atomic E-state index is 14.1. The second kappa shape index (κ2) is 11.8. The summed E-state index contributed by atoms with van der Waals surface area (Å²) in [4.78, 5) is 33.4. The minimum absolute atomic E-state index is 0.0383. The first-order valence-corrected chi connectivity index (χ1v) is 13.9. The molecule has 2 amide bonds. The Morgan fingerprint density at radius 1 is 1.05 bits per heavy atom. The van der Waals surface area contributed by atoms with Crippen LogP contribution in [0.15, 0.2) is 71.9 Å². The zero-order valence-corrected chi connectivity index (χ0v) is 21.6. The summed E-state index contributed by atoms with van der Waals surface area (Å²) >= 11 is 1.75. The number of rotatable bonds is 7. The van der Waals surface area contributed by atoms with Crippen LogP contribution in [0.1, 0.15) is 42.2 Å². The van der Waals surface area contributed by atoms with Crippen molar-refractivity contribution < 1.29 is 14.7 Å². The summed E-state index contributed by atoms with van der Waals surface area (Å²) in [7, 11) is 0. The summed E-state index contributed by atoms with van der Waals surface area (Å²) in [5.41, 5.74) is 2.11. The van der Waals surface area contributed by atoms with Crippen molar-refractivity contribution in [2.45, 2.75) is 48.7 Å². The van der Waals surface area contributed by atoms with Crippen LogP contribution in [-0.4, -0.2) is 69.0 Å². The molecule has 9 heteroatoms. The van der Waals surface area contributed by atoms with Gasteiger partial charge < -0.3 is 25.2 Å². The van der Waals surface area contributed by atoms with Crippen molar-refractivity contribution in [3.63, 3.8) is 0 Å². The highest BCUT2D eigenvalue weighted by Crippen LogP contribution is 2.35. The molecule has 2 heterocycles. The number of nitrogens with zero attached hydrogens (tertiary/aromatic N) is 3. The Morgan fingerprint density at radius 2 is 1.78 bits per heavy atom. The number of hydrogen-bond acceptors (Lipinski definition) is 5. The minimum Gasteiger partial charge on any atom is -0.465 e. The van der Waals surface area contributed by atoms with E-state index in [0.717, 1.165) is 55.8 Å². The molecule has 194 valence electrons. The molecule has 0 radical (unpaired) electrons. The molecule has 2 aromatic carbocycles. The molecule has 5 rings (SSSR count). The van der Waals surface area contributed by atoms with Crippen molar-refractivity contribution >= 4 is 23.8 Å². The predicted octanol–water partition coefficient (Wildman–Crippen LogP) is 4.51. The number of imidazole rings is 1. The van der Waals surface area contributed by atoms with Crippen LogP contribution in [-0.2, 0) is 0 Å². The van der Waals surface area contributed by atoms with E-state index in [2.05, 4.69) is 27.8 Å². The van der Waals surface area contributed by atoms with E-state index in [0.29, 0.717) is 12.2 Å². The topological polar surface area (TPSA) is 99.5 Å². The molecule has 0 unspecified atom stereocenters. The maximum Gasteiger partial charge on any atom is 0.404 e. The molecular formula is C28H33N5O3S. The van der Waals surface area contributed by atoms with E-state index in [9.17, 15) is 14.7 Å². The van der Waals surface area contributed by atoms with Crippen LogP contribution >= 0.6 is 11.8 Å². The van der Waals surface area contributed by atoms with Gasteiger partial charge in [0.15, 0.2) is 5.69 Å². The third-order valence-electron chi connectivity index (χ3n) is 7.24. The number of carbonyl (C=O) groups excluding carboxylic acids is 1. The molecule has 2 fully saturated rings. The second-order valence-electron chi connectivity index (χ2n) is 9.60. The number of nitrogens with one attached hydrogen (secondary N) is 2. The Balaban J connectivity index is 1.46. The van der Waals surface area contributed by atoms with E-state index in [-0.39, 0.29) is 24.0 Å². The molecule has 1 aliphatic heterocycles. The summed E-state index contributed by atoms with van der Waals surface area (Å²) in [5, 5.41) is 15.6. The lowest BCUT2D eigenvalue weighted by Crippen LogP contribution is -2.54. The molecule has 3 aromatic rings. The molecule has 2 aliphatic rings. The average Bonchev–Trinajstić information content (AvgIpc) is 3.38. The van der Waals surface area contributed by atoms with Gasteiger partial charge in [0.2, 0.25) is 0 Å². The molecule has 0 bridgehead atoms. The van der Waals surface area contributed by atoms with Crippen molar-refractivity contribution in [2.24, 2.45) is 0 Å². The average molecular weight is 520 g/mol. The van der Waals surface area contributed by atoms with Crippen LogP contribution in [0, 0.1) is 0 Å². The van der Waals surface area contributed by atoms with Crippen LogP contribution in [0.4, 0.5) is 4.79 Å². The molecule has 1 aliphatic carbocycles. The fraction of sp³-hybridized carbons (Fsp3) is 0.393. The molecule has 8 nitrogen and oxygen atoms in total. The monoisotopic (exact) mass is 519 g/mol. The number of benzene rings is 2. The summed E-state index contributed by atoms with van der Waals surface area (Å²) < 4.78 is 2.04. The van der Waals surface area contributed by atoms with Gasteiger partial charge in [-0.3, -0.25) is 4.79 Å². The number of amides is 2. The van der Waals surface area contributed by atoms with Crippen molar-refractivity contribution in [3.8, 4) is 11.3 Å². The van der Waals surface area contributed by atoms with E-state index >= 15 is 0 Å². The number of aromatic nitrogens is 2. The zero-order valence-electron chi connectivity index (χ0n) is 20.8. The highest BCUT2D eigenvalue weighted by atomic mass is 32.2. The second-order valence-corrected chi connectivity index (χ2v) is 10.7. The quantitative estimate of drug-likeness (QED) is 0.397. The van der Waals surface area contributed by atoms with Gasteiger partial charge in [-0.1, -0.05) is 61.4 Å². The van der Waals surface area contributed by atoms with E-state index < -0.39 is 6.09 Å². The lowest BCUT2D eigenvalue weighted by atomic mass is 9.89. The van der Waals surface area contributed by atoms with E-state index in [1.54, 1.807) is 18.1 Å². The van der Waals surface area contributed by atoms with Gasteiger partial charge in [0.05, 0.1) is 30.1 Å².